The molecule has 3 nitrogen and oxygen atoms in total. The minimum Gasteiger partial charge on any atom is -0.494 e. The Balaban J connectivity index is 0.00000200. The van der Waals surface area contributed by atoms with E-state index >= 15 is 0 Å². The molecule has 1 aliphatic rings. The first-order valence-corrected chi connectivity index (χ1v) is 7.18. The first kappa shape index (κ1) is 17.0. The molecule has 0 saturated carbocycles. The Hall–Kier alpha value is -1.06. The Morgan fingerprint density at radius 2 is 2.30 bits per heavy atom. The van der Waals surface area contributed by atoms with Crippen molar-refractivity contribution >= 4 is 18.7 Å². The van der Waals surface area contributed by atoms with Crippen molar-refractivity contribution in [1.82, 2.24) is 4.90 Å². The lowest BCUT2D eigenvalue weighted by Gasteiger charge is -2.30. The zero-order valence-corrected chi connectivity index (χ0v) is 12.9. The molecule has 4 heteroatoms. The molecule has 1 atom stereocenters. The van der Waals surface area contributed by atoms with E-state index in [0.29, 0.717) is 12.2 Å². The highest BCUT2D eigenvalue weighted by Crippen LogP contribution is 2.16. The fourth-order valence-electron chi connectivity index (χ4n) is 2.65. The maximum Gasteiger partial charge on any atom is 0.150 e. The summed E-state index contributed by atoms with van der Waals surface area (Å²) in [6, 6.07) is 7.33. The van der Waals surface area contributed by atoms with Gasteiger partial charge in [0.05, 0.1) is 6.61 Å². The van der Waals surface area contributed by atoms with Crippen LogP contribution in [0.1, 0.15) is 36.5 Å². The number of hydrogen-bond acceptors (Lipinski definition) is 3. The van der Waals surface area contributed by atoms with Crippen molar-refractivity contribution in [1.29, 1.82) is 0 Å². The van der Waals surface area contributed by atoms with Crippen molar-refractivity contribution in [2.45, 2.75) is 26.2 Å². The standard InChI is InChI=1S/C16H23NO2.ClH/c1-14-5-3-8-17(12-14)9-4-10-19-16-7-2-6-15(11-16)13-18;/h2,6-7,11,13-14H,3-5,8-10,12H2,1H3;1H. The van der Waals surface area contributed by atoms with Crippen molar-refractivity contribution in [2.75, 3.05) is 26.2 Å². The van der Waals surface area contributed by atoms with E-state index in [0.717, 1.165) is 30.9 Å². The van der Waals surface area contributed by atoms with Crippen LogP contribution in [0.25, 0.3) is 0 Å². The van der Waals surface area contributed by atoms with E-state index in [-0.39, 0.29) is 12.4 Å². The molecule has 0 aromatic heterocycles. The number of ether oxygens (including phenoxy) is 1. The first-order valence-electron chi connectivity index (χ1n) is 7.18. The van der Waals surface area contributed by atoms with Crippen molar-refractivity contribution < 1.29 is 9.53 Å². The van der Waals surface area contributed by atoms with Crippen LogP contribution in [-0.4, -0.2) is 37.4 Å². The molecule has 1 saturated heterocycles. The van der Waals surface area contributed by atoms with Gasteiger partial charge in [0.15, 0.2) is 0 Å². The van der Waals surface area contributed by atoms with E-state index < -0.39 is 0 Å². The van der Waals surface area contributed by atoms with Crippen LogP contribution in [0, 0.1) is 5.92 Å². The number of carbonyl (C=O) groups is 1. The van der Waals surface area contributed by atoms with E-state index in [1.807, 2.05) is 12.1 Å². The van der Waals surface area contributed by atoms with Crippen LogP contribution < -0.4 is 4.74 Å². The van der Waals surface area contributed by atoms with E-state index in [1.165, 1.54) is 25.9 Å². The lowest BCUT2D eigenvalue weighted by Crippen LogP contribution is -2.35. The second kappa shape index (κ2) is 8.98. The number of nitrogens with zero attached hydrogens (tertiary/aromatic N) is 1. The van der Waals surface area contributed by atoms with Gasteiger partial charge in [-0.3, -0.25) is 4.79 Å². The molecule has 20 heavy (non-hydrogen) atoms. The van der Waals surface area contributed by atoms with Gasteiger partial charge in [-0.2, -0.15) is 0 Å². The Labute approximate surface area is 127 Å². The van der Waals surface area contributed by atoms with Crippen LogP contribution in [0.4, 0.5) is 0 Å². The second-order valence-corrected chi connectivity index (χ2v) is 5.44. The van der Waals surface area contributed by atoms with E-state index in [1.54, 1.807) is 12.1 Å². The minimum atomic E-state index is 0. The molecule has 1 aromatic rings. The molecule has 1 unspecified atom stereocenters. The smallest absolute Gasteiger partial charge is 0.150 e. The third-order valence-electron chi connectivity index (χ3n) is 3.62. The summed E-state index contributed by atoms with van der Waals surface area (Å²) >= 11 is 0. The summed E-state index contributed by atoms with van der Waals surface area (Å²) in [4.78, 5) is 13.2. The predicted molar refractivity (Wildman–Crippen MR) is 84.0 cm³/mol. The van der Waals surface area contributed by atoms with Gasteiger partial charge in [0, 0.05) is 18.7 Å². The molecule has 0 aliphatic carbocycles. The van der Waals surface area contributed by atoms with Gasteiger partial charge in [0.25, 0.3) is 0 Å². The molecule has 1 aliphatic heterocycles. The lowest BCUT2D eigenvalue weighted by atomic mass is 10.0. The van der Waals surface area contributed by atoms with Crippen molar-refractivity contribution in [3.05, 3.63) is 29.8 Å². The van der Waals surface area contributed by atoms with E-state index in [9.17, 15) is 4.79 Å². The molecule has 1 heterocycles. The largest absolute Gasteiger partial charge is 0.494 e. The summed E-state index contributed by atoms with van der Waals surface area (Å²) < 4.78 is 5.68. The Bertz CT molecular complexity index is 411. The number of benzene rings is 1. The molecule has 1 fully saturated rings. The molecule has 0 radical (unpaired) electrons. The summed E-state index contributed by atoms with van der Waals surface area (Å²) in [5.41, 5.74) is 0.669. The molecule has 1 aromatic carbocycles. The number of carbonyl (C=O) groups excluding carboxylic acids is 1. The number of piperidine rings is 1. The van der Waals surface area contributed by atoms with Gasteiger partial charge in [0.1, 0.15) is 12.0 Å². The predicted octanol–water partition coefficient (Wildman–Crippen LogP) is 3.42. The number of rotatable bonds is 6. The van der Waals surface area contributed by atoms with Crippen LogP contribution in [0.5, 0.6) is 5.75 Å². The highest BCUT2D eigenvalue weighted by atomic mass is 35.5. The summed E-state index contributed by atoms with van der Waals surface area (Å²) in [7, 11) is 0. The lowest BCUT2D eigenvalue weighted by molar-refractivity contribution is 0.112. The summed E-state index contributed by atoms with van der Waals surface area (Å²) in [6.07, 6.45) is 4.58. The van der Waals surface area contributed by atoms with Gasteiger partial charge in [-0.15, -0.1) is 12.4 Å². The van der Waals surface area contributed by atoms with Crippen LogP contribution in [0.15, 0.2) is 24.3 Å². The first-order chi connectivity index (χ1) is 9.28. The zero-order valence-electron chi connectivity index (χ0n) is 12.1. The molecular weight excluding hydrogens is 274 g/mol. The summed E-state index contributed by atoms with van der Waals surface area (Å²) in [5.74, 6) is 1.62. The van der Waals surface area contributed by atoms with Crippen LogP contribution in [0.2, 0.25) is 0 Å². The quantitative estimate of drug-likeness (QED) is 0.595. The topological polar surface area (TPSA) is 29.5 Å². The molecule has 0 amide bonds. The third kappa shape index (κ3) is 5.51. The van der Waals surface area contributed by atoms with E-state index in [2.05, 4.69) is 11.8 Å². The highest BCUT2D eigenvalue weighted by molar-refractivity contribution is 5.85. The second-order valence-electron chi connectivity index (χ2n) is 5.44. The van der Waals surface area contributed by atoms with Gasteiger partial charge in [-0.05, 0) is 43.9 Å². The van der Waals surface area contributed by atoms with Crippen molar-refractivity contribution in [3.8, 4) is 5.75 Å². The maximum absolute atomic E-state index is 10.7. The third-order valence-corrected chi connectivity index (χ3v) is 3.62. The SMILES string of the molecule is CC1CCCN(CCCOc2cccc(C=O)c2)C1.Cl. The molecule has 0 N–H and O–H groups in total. The number of halogens is 1. The summed E-state index contributed by atoms with van der Waals surface area (Å²) in [6.45, 7) is 6.60. The van der Waals surface area contributed by atoms with Gasteiger partial charge < -0.3 is 9.64 Å². The maximum atomic E-state index is 10.7. The number of likely N-dealkylation sites (tertiary alicyclic amines) is 1. The normalized spacial score (nSPS) is 19.1. The van der Waals surface area contributed by atoms with Crippen molar-refractivity contribution in [3.63, 3.8) is 0 Å². The van der Waals surface area contributed by atoms with Crippen LogP contribution in [0.3, 0.4) is 0 Å². The minimum absolute atomic E-state index is 0. The molecule has 112 valence electrons. The van der Waals surface area contributed by atoms with Gasteiger partial charge in [-0.1, -0.05) is 19.1 Å². The fraction of sp³-hybridized carbons (Fsp3) is 0.562. The number of hydrogen-bond donors (Lipinski definition) is 0. The molecule has 0 spiro atoms. The Kier molecular flexibility index (Phi) is 7.63. The highest BCUT2D eigenvalue weighted by Gasteiger charge is 2.15. The van der Waals surface area contributed by atoms with Crippen molar-refractivity contribution in [2.24, 2.45) is 5.92 Å². The average molecular weight is 298 g/mol. The summed E-state index contributed by atoms with van der Waals surface area (Å²) in [5, 5.41) is 0. The van der Waals surface area contributed by atoms with Gasteiger partial charge >= 0.3 is 0 Å². The zero-order chi connectivity index (χ0) is 13.5. The van der Waals surface area contributed by atoms with Gasteiger partial charge in [0.2, 0.25) is 0 Å². The van der Waals surface area contributed by atoms with Crippen LogP contribution >= 0.6 is 12.4 Å². The molecule has 2 rings (SSSR count). The van der Waals surface area contributed by atoms with Crippen LogP contribution in [-0.2, 0) is 0 Å². The monoisotopic (exact) mass is 297 g/mol. The Morgan fingerprint density at radius 3 is 3.05 bits per heavy atom. The van der Waals surface area contributed by atoms with Gasteiger partial charge in [-0.25, -0.2) is 0 Å². The average Bonchev–Trinajstić information content (AvgIpc) is 2.44. The fourth-order valence-corrected chi connectivity index (χ4v) is 2.65. The number of aldehydes is 1. The van der Waals surface area contributed by atoms with E-state index in [4.69, 9.17) is 4.74 Å². The Morgan fingerprint density at radius 1 is 1.45 bits per heavy atom. The molecular formula is C16H24ClNO2. The molecule has 0 bridgehead atoms.